The van der Waals surface area contributed by atoms with Crippen LogP contribution in [0.3, 0.4) is 0 Å². The highest BCUT2D eigenvalue weighted by Gasteiger charge is 2.55. The van der Waals surface area contributed by atoms with E-state index in [9.17, 15) is 14.4 Å². The highest BCUT2D eigenvalue weighted by Crippen LogP contribution is 2.60. The lowest BCUT2D eigenvalue weighted by molar-refractivity contribution is -0.143. The number of hydrogen-bond acceptors (Lipinski definition) is 3. The highest BCUT2D eigenvalue weighted by atomic mass is 16.2. The summed E-state index contributed by atoms with van der Waals surface area (Å²) in [5, 5.41) is 1.63. The molecule has 0 N–H and O–H groups in total. The van der Waals surface area contributed by atoms with Crippen LogP contribution in [0.4, 0.5) is 5.69 Å². The zero-order valence-corrected chi connectivity index (χ0v) is 21.3. The van der Waals surface area contributed by atoms with Crippen molar-refractivity contribution in [3.8, 4) is 0 Å². The lowest BCUT2D eigenvalue weighted by Gasteiger charge is -2.56. The van der Waals surface area contributed by atoms with Gasteiger partial charge in [0.2, 0.25) is 5.91 Å². The third kappa shape index (κ3) is 3.54. The van der Waals surface area contributed by atoms with Gasteiger partial charge in [0, 0.05) is 35.3 Å². The van der Waals surface area contributed by atoms with Crippen molar-refractivity contribution < 1.29 is 14.4 Å². The smallest absolute Gasteiger partial charge is 0.261 e. The molecule has 4 saturated carbocycles. The number of carbonyl (C=O) groups is 3. The van der Waals surface area contributed by atoms with E-state index < -0.39 is 0 Å². The first kappa shape index (κ1) is 22.7. The molecule has 37 heavy (non-hydrogen) atoms. The quantitative estimate of drug-likeness (QED) is 0.411. The Labute approximate surface area is 217 Å². The van der Waals surface area contributed by atoms with Crippen molar-refractivity contribution in [2.24, 2.45) is 23.2 Å². The van der Waals surface area contributed by atoms with E-state index in [0.29, 0.717) is 35.4 Å². The number of carbonyl (C=O) groups excluding carboxylic acids is 3. The molecule has 5 nitrogen and oxygen atoms in total. The summed E-state index contributed by atoms with van der Waals surface area (Å²) in [6.45, 7) is 2.52. The molecule has 3 aromatic rings. The molecule has 4 aliphatic carbocycles. The topological polar surface area (TPSA) is 57.7 Å². The van der Waals surface area contributed by atoms with Crippen LogP contribution in [0.15, 0.2) is 60.7 Å². The number of aryl methyl sites for hydroxylation is 1. The van der Waals surface area contributed by atoms with Gasteiger partial charge in [0.05, 0.1) is 5.41 Å². The largest absolute Gasteiger partial charge is 0.310 e. The minimum atomic E-state index is -0.298. The predicted octanol–water partition coefficient (Wildman–Crippen LogP) is 5.99. The summed E-state index contributed by atoms with van der Waals surface area (Å²) >= 11 is 0. The van der Waals surface area contributed by atoms with Crippen LogP contribution in [0, 0.1) is 30.1 Å². The van der Waals surface area contributed by atoms with Crippen molar-refractivity contribution in [1.82, 2.24) is 4.90 Å². The van der Waals surface area contributed by atoms with Crippen LogP contribution in [-0.4, -0.2) is 35.7 Å². The molecule has 5 heteroatoms. The average Bonchev–Trinajstić information content (AvgIpc) is 2.89. The lowest BCUT2D eigenvalue weighted by atomic mass is 9.49. The normalized spacial score (nSPS) is 27.7. The molecular weight excluding hydrogens is 460 g/mol. The first-order valence-electron chi connectivity index (χ1n) is 13.7. The summed E-state index contributed by atoms with van der Waals surface area (Å²) in [5.74, 6) is 1.63. The van der Waals surface area contributed by atoms with Crippen molar-refractivity contribution in [2.45, 2.75) is 45.4 Å². The molecule has 8 rings (SSSR count). The van der Waals surface area contributed by atoms with E-state index in [-0.39, 0.29) is 29.7 Å². The Bertz CT molecular complexity index is 1350. The van der Waals surface area contributed by atoms with Crippen molar-refractivity contribution in [2.75, 3.05) is 18.0 Å². The first-order valence-corrected chi connectivity index (χ1v) is 13.7. The molecule has 3 amide bonds. The molecule has 3 aromatic carbocycles. The van der Waals surface area contributed by atoms with E-state index in [2.05, 4.69) is 0 Å². The van der Waals surface area contributed by atoms with Gasteiger partial charge in [0.15, 0.2) is 0 Å². The third-order valence-electron chi connectivity index (χ3n) is 9.49. The van der Waals surface area contributed by atoms with Crippen LogP contribution in [0.1, 0.15) is 64.8 Å². The molecule has 0 atom stereocenters. The lowest BCUT2D eigenvalue weighted by Crippen LogP contribution is -2.56. The van der Waals surface area contributed by atoms with Gasteiger partial charge in [-0.3, -0.25) is 19.3 Å². The second kappa shape index (κ2) is 8.27. The SMILES string of the molecule is Cc1ccc(N(CCN2C(=O)c3cccc4cccc(c34)C2=O)C(=O)C23CC4CC(CC(C4)C2)C3)cc1. The first-order chi connectivity index (χ1) is 17.9. The highest BCUT2D eigenvalue weighted by molar-refractivity contribution is 6.25. The number of anilines is 1. The molecule has 188 valence electrons. The zero-order valence-electron chi connectivity index (χ0n) is 21.3. The van der Waals surface area contributed by atoms with Crippen molar-refractivity contribution in [3.05, 3.63) is 77.4 Å². The molecule has 0 aromatic heterocycles. The minimum Gasteiger partial charge on any atom is -0.310 e. The Hall–Kier alpha value is -3.47. The van der Waals surface area contributed by atoms with Gasteiger partial charge in [0.1, 0.15) is 0 Å². The van der Waals surface area contributed by atoms with Gasteiger partial charge in [-0.25, -0.2) is 0 Å². The molecule has 0 unspecified atom stereocenters. The fourth-order valence-electron chi connectivity index (χ4n) is 8.22. The van der Waals surface area contributed by atoms with Gasteiger partial charge in [-0.15, -0.1) is 0 Å². The molecular formula is C32H32N2O3. The van der Waals surface area contributed by atoms with Crippen LogP contribution in [0.5, 0.6) is 0 Å². The number of imide groups is 1. The Morgan fingerprint density at radius 3 is 1.92 bits per heavy atom. The molecule has 5 aliphatic rings. The molecule has 0 spiro atoms. The summed E-state index contributed by atoms with van der Waals surface area (Å²) in [6.07, 6.45) is 6.78. The van der Waals surface area contributed by atoms with Crippen LogP contribution in [0.25, 0.3) is 10.8 Å². The van der Waals surface area contributed by atoms with Gasteiger partial charge in [-0.05, 0) is 92.9 Å². The van der Waals surface area contributed by atoms with E-state index in [4.69, 9.17) is 0 Å². The maximum Gasteiger partial charge on any atom is 0.261 e. The molecule has 1 aliphatic heterocycles. The van der Waals surface area contributed by atoms with Gasteiger partial charge >= 0.3 is 0 Å². The summed E-state index contributed by atoms with van der Waals surface area (Å²) in [7, 11) is 0. The van der Waals surface area contributed by atoms with Crippen molar-refractivity contribution in [1.29, 1.82) is 0 Å². The average molecular weight is 493 g/mol. The van der Waals surface area contributed by atoms with Crippen LogP contribution >= 0.6 is 0 Å². The molecule has 4 bridgehead atoms. The van der Waals surface area contributed by atoms with Gasteiger partial charge in [-0.2, -0.15) is 0 Å². The fourth-order valence-corrected chi connectivity index (χ4v) is 8.22. The van der Waals surface area contributed by atoms with E-state index in [1.807, 2.05) is 60.4 Å². The Morgan fingerprint density at radius 1 is 0.838 bits per heavy atom. The molecule has 4 fully saturated rings. The number of rotatable bonds is 5. The number of hydrogen-bond donors (Lipinski definition) is 0. The maximum absolute atomic E-state index is 14.4. The van der Waals surface area contributed by atoms with Crippen LogP contribution in [-0.2, 0) is 4.79 Å². The number of amides is 3. The van der Waals surface area contributed by atoms with E-state index >= 15 is 0 Å². The molecule has 0 radical (unpaired) electrons. The van der Waals surface area contributed by atoms with Gasteiger partial charge < -0.3 is 4.90 Å². The molecule has 0 saturated heterocycles. The fraction of sp³-hybridized carbons (Fsp3) is 0.406. The Morgan fingerprint density at radius 2 is 1.38 bits per heavy atom. The summed E-state index contributed by atoms with van der Waals surface area (Å²) < 4.78 is 0. The van der Waals surface area contributed by atoms with Crippen LogP contribution in [0.2, 0.25) is 0 Å². The van der Waals surface area contributed by atoms with E-state index in [1.165, 1.54) is 24.2 Å². The standard InChI is InChI=1S/C32H32N2O3/c1-20-8-10-25(11-9-20)33(31(37)32-17-21-14-22(18-32)16-23(15-21)19-32)12-13-34-29(35)26-6-2-4-24-5-3-7-27(28(24)26)30(34)36/h2-11,21-23H,12-19H2,1H3. The van der Waals surface area contributed by atoms with Gasteiger partial charge in [-0.1, -0.05) is 42.0 Å². The minimum absolute atomic E-state index is 0.175. The monoisotopic (exact) mass is 492 g/mol. The maximum atomic E-state index is 14.4. The second-order valence-corrected chi connectivity index (χ2v) is 12.0. The van der Waals surface area contributed by atoms with Crippen LogP contribution < -0.4 is 4.90 Å². The van der Waals surface area contributed by atoms with Gasteiger partial charge in [0.25, 0.3) is 11.8 Å². The summed E-state index contributed by atoms with van der Waals surface area (Å²) in [5.41, 5.74) is 2.81. The molecule has 1 heterocycles. The number of benzene rings is 3. The van der Waals surface area contributed by atoms with E-state index in [1.54, 1.807) is 12.1 Å². The second-order valence-electron chi connectivity index (χ2n) is 12.0. The number of nitrogens with zero attached hydrogens (tertiary/aromatic N) is 2. The summed E-state index contributed by atoms with van der Waals surface area (Å²) in [4.78, 5) is 44.6. The van der Waals surface area contributed by atoms with E-state index in [0.717, 1.165) is 41.3 Å². The van der Waals surface area contributed by atoms with Crippen molar-refractivity contribution in [3.63, 3.8) is 0 Å². The van der Waals surface area contributed by atoms with Crippen molar-refractivity contribution >= 4 is 34.2 Å². The summed E-state index contributed by atoms with van der Waals surface area (Å²) in [6, 6.07) is 19.3. The predicted molar refractivity (Wildman–Crippen MR) is 143 cm³/mol. The Balaban J connectivity index is 1.21. The zero-order chi connectivity index (χ0) is 25.3. The Kier molecular flexibility index (Phi) is 5.08. The third-order valence-corrected chi connectivity index (χ3v) is 9.49.